The molecule has 3 aliphatic carbocycles. The van der Waals surface area contributed by atoms with Gasteiger partial charge in [-0.25, -0.2) is 0 Å². The molecule has 3 heteroatoms. The largest absolute Gasteiger partial charge is 0.301 e. The van der Waals surface area contributed by atoms with Crippen molar-refractivity contribution in [3.8, 4) is 5.00 Å². The van der Waals surface area contributed by atoms with Crippen LogP contribution in [-0.4, -0.2) is 4.57 Å². The van der Waals surface area contributed by atoms with Crippen molar-refractivity contribution >= 4 is 44.5 Å². The van der Waals surface area contributed by atoms with E-state index in [0.29, 0.717) is 0 Å². The zero-order valence-corrected chi connectivity index (χ0v) is 39.8. The highest BCUT2D eigenvalue weighted by Gasteiger charge is 2.62. The van der Waals surface area contributed by atoms with Crippen LogP contribution in [0.3, 0.4) is 0 Å². The molecule has 0 unspecified atom stereocenters. The maximum Gasteiger partial charge on any atom is 0.101 e. The first-order valence-corrected chi connectivity index (χ1v) is 24.4. The minimum atomic E-state index is -0.532. The quantitative estimate of drug-likeness (QED) is 0.155. The molecule has 2 spiro atoms. The Morgan fingerprint density at radius 3 is 1.17 bits per heavy atom. The summed E-state index contributed by atoms with van der Waals surface area (Å²) in [7, 11) is 0. The van der Waals surface area contributed by atoms with E-state index in [1.807, 2.05) is 22.7 Å². The van der Waals surface area contributed by atoms with E-state index in [1.54, 1.807) is 0 Å². The van der Waals surface area contributed by atoms with E-state index in [2.05, 4.69) is 225 Å². The molecule has 9 aromatic rings. The summed E-state index contributed by atoms with van der Waals surface area (Å²) in [5, 5.41) is 6.31. The lowest BCUT2D eigenvalue weighted by Gasteiger charge is -2.55. The normalized spacial score (nSPS) is 17.2. The number of aromatic nitrogens is 1. The molecular weight excluding hydrogens is 799 g/mol. The number of hydrogen-bond donors (Lipinski definition) is 0. The van der Waals surface area contributed by atoms with Crippen molar-refractivity contribution in [3.05, 3.63) is 227 Å². The van der Waals surface area contributed by atoms with Gasteiger partial charge in [0.1, 0.15) is 5.00 Å². The fraction of sp³-hybridized carbons (Fsp3) is 0.267. The lowest BCUT2D eigenvalue weighted by Crippen LogP contribution is -2.50. The second kappa shape index (κ2) is 12.6. The van der Waals surface area contributed by atoms with Crippen LogP contribution in [-0.2, 0) is 32.5 Å². The molecule has 0 fully saturated rings. The lowest BCUT2D eigenvalue weighted by molar-refractivity contribution is 0.522. The van der Waals surface area contributed by atoms with Crippen LogP contribution in [0.4, 0.5) is 0 Å². The van der Waals surface area contributed by atoms with Crippen molar-refractivity contribution < 1.29 is 0 Å². The fourth-order valence-corrected chi connectivity index (χ4v) is 15.1. The van der Waals surface area contributed by atoms with Crippen LogP contribution in [0.25, 0.3) is 26.8 Å². The molecule has 0 saturated heterocycles. The van der Waals surface area contributed by atoms with Crippen molar-refractivity contribution in [3.63, 3.8) is 0 Å². The summed E-state index contributed by atoms with van der Waals surface area (Å²) in [5.41, 5.74) is 17.9. The summed E-state index contributed by atoms with van der Waals surface area (Å²) in [5.74, 6) is 0. The van der Waals surface area contributed by atoms with Crippen LogP contribution >= 0.6 is 22.7 Å². The van der Waals surface area contributed by atoms with Gasteiger partial charge in [0.25, 0.3) is 0 Å². The van der Waals surface area contributed by atoms with E-state index in [4.69, 9.17) is 0 Å². The van der Waals surface area contributed by atoms with Crippen LogP contribution in [0, 0.1) is 0 Å². The van der Waals surface area contributed by atoms with E-state index in [9.17, 15) is 0 Å². The second-order valence-corrected chi connectivity index (χ2v) is 23.7. The van der Waals surface area contributed by atoms with Crippen LogP contribution in [0.5, 0.6) is 0 Å². The van der Waals surface area contributed by atoms with E-state index >= 15 is 0 Å². The van der Waals surface area contributed by atoms with Crippen LogP contribution in [0.1, 0.15) is 146 Å². The zero-order chi connectivity index (χ0) is 43.6. The SMILES string of the molecule is CC(C)(C)c1ccc2c(c1)c1cc(C(C)(C)C)ccc1n2-c1cc2c(s1)C1(c3ccccc3C(C)(C)c3ccccc31)c1ccsc1C21c2ccccc2C(C)(C)c2ccccc21. The van der Waals surface area contributed by atoms with Gasteiger partial charge < -0.3 is 4.57 Å². The molecule has 0 atom stereocenters. The Labute approximate surface area is 381 Å². The van der Waals surface area contributed by atoms with Crippen molar-refractivity contribution in [2.24, 2.45) is 0 Å². The lowest BCUT2D eigenvalue weighted by atomic mass is 9.48. The van der Waals surface area contributed by atoms with Gasteiger partial charge in [-0.2, -0.15) is 0 Å². The van der Waals surface area contributed by atoms with Crippen molar-refractivity contribution in [1.82, 2.24) is 4.57 Å². The molecule has 3 aliphatic rings. The topological polar surface area (TPSA) is 4.93 Å². The van der Waals surface area contributed by atoms with Gasteiger partial charge in [0, 0.05) is 31.4 Å². The first kappa shape index (κ1) is 39.1. The van der Waals surface area contributed by atoms with Crippen molar-refractivity contribution in [2.75, 3.05) is 0 Å². The molecule has 3 aromatic heterocycles. The molecule has 0 N–H and O–H groups in total. The van der Waals surface area contributed by atoms with Gasteiger partial charge in [0.2, 0.25) is 0 Å². The molecule has 0 bridgehead atoms. The van der Waals surface area contributed by atoms with Gasteiger partial charge in [-0.05, 0) is 119 Å². The number of nitrogens with zero attached hydrogens (tertiary/aromatic N) is 1. The highest BCUT2D eigenvalue weighted by atomic mass is 32.1. The second-order valence-electron chi connectivity index (χ2n) is 21.7. The minimum absolute atomic E-state index is 0.0214. The maximum atomic E-state index is 2.65. The summed E-state index contributed by atoms with van der Waals surface area (Å²) in [6.07, 6.45) is 0. The van der Waals surface area contributed by atoms with E-state index in [0.717, 1.165) is 0 Å². The molecule has 0 aliphatic heterocycles. The van der Waals surface area contributed by atoms with Gasteiger partial charge in [-0.3, -0.25) is 0 Å². The Hall–Kier alpha value is -5.48. The summed E-state index contributed by atoms with van der Waals surface area (Å²) >= 11 is 3.98. The molecule has 0 saturated carbocycles. The van der Waals surface area contributed by atoms with E-state index in [-0.39, 0.29) is 21.7 Å². The Morgan fingerprint density at radius 2 is 0.778 bits per heavy atom. The Kier molecular flexibility index (Phi) is 7.84. The molecule has 12 rings (SSSR count). The molecule has 312 valence electrons. The van der Waals surface area contributed by atoms with Gasteiger partial charge in [0.15, 0.2) is 0 Å². The molecule has 0 amide bonds. The molecule has 6 aromatic carbocycles. The highest BCUT2D eigenvalue weighted by molar-refractivity contribution is 7.15. The van der Waals surface area contributed by atoms with Gasteiger partial charge in [-0.1, -0.05) is 178 Å². The summed E-state index contributed by atoms with van der Waals surface area (Å²) in [4.78, 5) is 2.86. The number of hydrogen-bond acceptors (Lipinski definition) is 2. The highest BCUT2D eigenvalue weighted by Crippen LogP contribution is 2.69. The molecule has 63 heavy (non-hydrogen) atoms. The number of thiophene rings is 2. The monoisotopic (exact) mass is 853 g/mol. The maximum absolute atomic E-state index is 2.65. The van der Waals surface area contributed by atoms with Gasteiger partial charge >= 0.3 is 0 Å². The number of fused-ring (bicyclic) bond motifs is 17. The van der Waals surface area contributed by atoms with Gasteiger partial charge in [-0.15, -0.1) is 22.7 Å². The van der Waals surface area contributed by atoms with Crippen molar-refractivity contribution in [2.45, 2.75) is 102 Å². The predicted molar refractivity (Wildman–Crippen MR) is 268 cm³/mol. The smallest absolute Gasteiger partial charge is 0.101 e. The van der Waals surface area contributed by atoms with Crippen LogP contribution in [0.15, 0.2) is 151 Å². The van der Waals surface area contributed by atoms with E-state index in [1.165, 1.54) is 103 Å². The third kappa shape index (κ3) is 4.83. The Bertz CT molecular complexity index is 3060. The van der Waals surface area contributed by atoms with Gasteiger partial charge in [0.05, 0.1) is 21.9 Å². The first-order chi connectivity index (χ1) is 30.0. The summed E-state index contributed by atoms with van der Waals surface area (Å²) in [6.45, 7) is 23.7. The Morgan fingerprint density at radius 1 is 0.397 bits per heavy atom. The predicted octanol–water partition coefficient (Wildman–Crippen LogP) is 15.9. The Balaban J connectivity index is 1.29. The van der Waals surface area contributed by atoms with Crippen LogP contribution in [0.2, 0.25) is 0 Å². The summed E-state index contributed by atoms with van der Waals surface area (Å²) in [6, 6.07) is 57.4. The number of rotatable bonds is 1. The van der Waals surface area contributed by atoms with E-state index < -0.39 is 10.8 Å². The summed E-state index contributed by atoms with van der Waals surface area (Å²) < 4.78 is 2.62. The molecule has 1 nitrogen and oxygen atoms in total. The fourth-order valence-electron chi connectivity index (χ4n) is 12.4. The standard InChI is InChI=1S/C60H55NS2/c1-55(2,3)36-27-29-50-38(33-36)39-34-37(56(4,5)6)28-30-51(39)61(50)52-35-49-54(63-52)59(44-23-15-11-19-40(44)57(7,8)41-20-12-16-24-45(41)59)48-31-32-62-53(48)60(49)46-25-17-13-21-42(46)58(9,10)43-22-14-18-26-47(43)60/h11-35H,1-10H3. The first-order valence-electron chi connectivity index (χ1n) is 22.8. The number of benzene rings is 6. The molecule has 3 heterocycles. The van der Waals surface area contributed by atoms with Crippen LogP contribution < -0.4 is 0 Å². The third-order valence-corrected chi connectivity index (χ3v) is 17.9. The molecule has 0 radical (unpaired) electrons. The zero-order valence-electron chi connectivity index (χ0n) is 38.2. The molecular formula is C60H55NS2. The third-order valence-electron chi connectivity index (χ3n) is 15.6. The minimum Gasteiger partial charge on any atom is -0.301 e. The average molecular weight is 854 g/mol. The van der Waals surface area contributed by atoms with Crippen molar-refractivity contribution in [1.29, 1.82) is 0 Å². The average Bonchev–Trinajstić information content (AvgIpc) is 4.02.